The highest BCUT2D eigenvalue weighted by Gasteiger charge is 1.99. The second-order valence-corrected chi connectivity index (χ2v) is 6.01. The molecule has 0 aliphatic rings. The van der Waals surface area contributed by atoms with Crippen molar-refractivity contribution in [2.75, 3.05) is 11.3 Å². The second-order valence-electron chi connectivity index (χ2n) is 2.80. The van der Waals surface area contributed by atoms with Crippen molar-refractivity contribution in [2.24, 2.45) is 0 Å². The van der Waals surface area contributed by atoms with Gasteiger partial charge in [0.25, 0.3) is 0 Å². The molecule has 1 aromatic heterocycles. The SMILES string of the molecule is Br.CCCCO[CH2][Mg][c]1cccs1. The van der Waals surface area contributed by atoms with Gasteiger partial charge >= 0.3 is 20.4 Å². The molecule has 72 valence electrons. The van der Waals surface area contributed by atoms with Gasteiger partial charge in [-0.1, -0.05) is 25.5 Å². The highest BCUT2D eigenvalue weighted by atomic mass is 79.9. The van der Waals surface area contributed by atoms with E-state index in [1.165, 1.54) is 12.8 Å². The maximum Gasteiger partial charge on any atom is 0.463 e. The molecule has 1 nitrogen and oxygen atoms in total. The van der Waals surface area contributed by atoms with E-state index in [1.807, 2.05) is 11.3 Å². The van der Waals surface area contributed by atoms with E-state index in [0.717, 1.165) is 11.3 Å². The minimum absolute atomic E-state index is 0. The topological polar surface area (TPSA) is 9.23 Å². The molecule has 0 aliphatic heterocycles. The van der Waals surface area contributed by atoms with Gasteiger partial charge in [-0.3, -0.25) is 0 Å². The Balaban J connectivity index is 0.00000144. The highest BCUT2D eigenvalue weighted by molar-refractivity contribution is 8.93. The molecule has 0 saturated carbocycles. The van der Waals surface area contributed by atoms with Gasteiger partial charge in [0.1, 0.15) is 0 Å². The molecule has 0 bridgehead atoms. The molecule has 0 atom stereocenters. The number of rotatable bonds is 6. The molecule has 4 heteroatoms. The van der Waals surface area contributed by atoms with Gasteiger partial charge < -0.3 is 4.74 Å². The molecule has 1 aromatic rings. The van der Waals surface area contributed by atoms with Crippen LogP contribution in [0.25, 0.3) is 0 Å². The molecular weight excluding hydrogens is 260 g/mol. The lowest BCUT2D eigenvalue weighted by atomic mass is 10.4. The van der Waals surface area contributed by atoms with Gasteiger partial charge in [0.2, 0.25) is 0 Å². The van der Waals surface area contributed by atoms with Crippen molar-refractivity contribution < 1.29 is 4.74 Å². The van der Waals surface area contributed by atoms with Crippen LogP contribution < -0.4 is 3.01 Å². The van der Waals surface area contributed by atoms with Gasteiger partial charge in [-0.2, -0.15) is 11.3 Å². The fourth-order valence-corrected chi connectivity index (χ4v) is 3.33. The summed E-state index contributed by atoms with van der Waals surface area (Å²) in [4.78, 5) is 0. The molecule has 0 aliphatic carbocycles. The Bertz CT molecular complexity index is 192. The first-order chi connectivity index (χ1) is 5.93. The van der Waals surface area contributed by atoms with Crippen LogP contribution in [0.5, 0.6) is 0 Å². The summed E-state index contributed by atoms with van der Waals surface area (Å²) in [5, 5.41) is 2.15. The number of thiophene rings is 1. The van der Waals surface area contributed by atoms with Crippen molar-refractivity contribution in [3.8, 4) is 0 Å². The minimum Gasteiger partial charge on any atom is -0.409 e. The maximum absolute atomic E-state index is 5.52. The van der Waals surface area contributed by atoms with E-state index in [4.69, 9.17) is 4.74 Å². The minimum atomic E-state index is -0.101. The zero-order valence-corrected chi connectivity index (χ0v) is 11.9. The van der Waals surface area contributed by atoms with Crippen molar-refractivity contribution in [2.45, 2.75) is 19.8 Å². The Morgan fingerprint density at radius 1 is 1.54 bits per heavy atom. The Hall–Kier alpha value is 0.906. The van der Waals surface area contributed by atoms with E-state index in [1.54, 1.807) is 3.01 Å². The Kier molecular flexibility index (Phi) is 10.1. The molecule has 0 spiro atoms. The number of halogens is 1. The van der Waals surface area contributed by atoms with E-state index >= 15 is 0 Å². The van der Waals surface area contributed by atoms with E-state index < -0.39 is 0 Å². The molecule has 0 N–H and O–H groups in total. The van der Waals surface area contributed by atoms with Crippen molar-refractivity contribution in [1.82, 2.24) is 0 Å². The summed E-state index contributed by atoms with van der Waals surface area (Å²) in [5.74, 6) is 0. The summed E-state index contributed by atoms with van der Waals surface area (Å²) in [6.45, 7) is 3.15. The van der Waals surface area contributed by atoms with Gasteiger partial charge in [-0.05, 0) is 16.5 Å². The van der Waals surface area contributed by atoms with Crippen LogP contribution in [-0.4, -0.2) is 31.7 Å². The Morgan fingerprint density at radius 2 is 2.38 bits per heavy atom. The number of hydrogen-bond donors (Lipinski definition) is 0. The van der Waals surface area contributed by atoms with Crippen LogP contribution in [0.4, 0.5) is 0 Å². The largest absolute Gasteiger partial charge is 0.463 e. The van der Waals surface area contributed by atoms with Crippen molar-refractivity contribution in [1.29, 1.82) is 0 Å². The monoisotopic (exact) mass is 274 g/mol. The third kappa shape index (κ3) is 6.91. The quantitative estimate of drug-likeness (QED) is 0.572. The first kappa shape index (κ1) is 13.9. The Morgan fingerprint density at radius 3 is 3.00 bits per heavy atom. The van der Waals surface area contributed by atoms with Crippen LogP contribution in [0.3, 0.4) is 0 Å². The number of unbranched alkanes of at least 4 members (excludes halogenated alkanes) is 1. The normalized spacial score (nSPS) is 9.00. The lowest BCUT2D eigenvalue weighted by molar-refractivity contribution is 0.174. The standard InChI is InChI=1S/C5H11O.C4H3S.BrH.Mg/c1-3-4-5-6-2;1-2-4-5-3-1;;/h2-5H2,1H3;1-3H;1H;. The molecule has 1 heterocycles. The fourth-order valence-electron chi connectivity index (χ4n) is 0.976. The lowest BCUT2D eigenvalue weighted by Gasteiger charge is -1.99. The molecule has 0 unspecified atom stereocenters. The predicted molar refractivity (Wildman–Crippen MR) is 65.8 cm³/mol. The van der Waals surface area contributed by atoms with Crippen LogP contribution in [-0.2, 0) is 4.74 Å². The van der Waals surface area contributed by atoms with E-state index in [-0.39, 0.29) is 37.3 Å². The third-order valence-electron chi connectivity index (χ3n) is 1.72. The summed E-state index contributed by atoms with van der Waals surface area (Å²) < 4.78 is 8.09. The molecule has 0 saturated heterocycles. The first-order valence-corrected chi connectivity index (χ1v) is 7.12. The summed E-state index contributed by atoms with van der Waals surface area (Å²) in [6.07, 6.45) is 2.44. The second kappa shape index (κ2) is 9.46. The van der Waals surface area contributed by atoms with Crippen LogP contribution in [0.1, 0.15) is 19.8 Å². The van der Waals surface area contributed by atoms with Crippen LogP contribution in [0.2, 0.25) is 0 Å². The summed E-state index contributed by atoms with van der Waals surface area (Å²) in [6, 6.07) is 4.35. The number of ether oxygens (including phenoxy) is 1. The van der Waals surface area contributed by atoms with Gasteiger partial charge in [-0.25, -0.2) is 0 Å². The van der Waals surface area contributed by atoms with E-state index in [0.29, 0.717) is 0 Å². The lowest BCUT2D eigenvalue weighted by Crippen LogP contribution is -2.16. The van der Waals surface area contributed by atoms with Gasteiger partial charge in [0, 0.05) is 6.61 Å². The smallest absolute Gasteiger partial charge is 0.409 e. The predicted octanol–water partition coefficient (Wildman–Crippen LogP) is 2.43. The molecular formula is C9H15BrMgOS. The fraction of sp³-hybridized carbons (Fsp3) is 0.556. The van der Waals surface area contributed by atoms with Crippen molar-refractivity contribution in [3.63, 3.8) is 0 Å². The summed E-state index contributed by atoms with van der Waals surface area (Å²) in [5.41, 5.74) is 0. The number of hydrogen-bond acceptors (Lipinski definition) is 2. The van der Waals surface area contributed by atoms with Gasteiger partial charge in [0.15, 0.2) is 0 Å². The Labute approximate surface area is 104 Å². The van der Waals surface area contributed by atoms with E-state index in [2.05, 4.69) is 24.4 Å². The van der Waals surface area contributed by atoms with Crippen LogP contribution in [0, 0.1) is 0 Å². The molecule has 0 aromatic carbocycles. The summed E-state index contributed by atoms with van der Waals surface area (Å²) >= 11 is 1.77. The molecule has 1 rings (SSSR count). The zero-order chi connectivity index (χ0) is 8.65. The van der Waals surface area contributed by atoms with Crippen molar-refractivity contribution in [3.05, 3.63) is 17.5 Å². The average Bonchev–Trinajstić information content (AvgIpc) is 2.57. The van der Waals surface area contributed by atoms with Gasteiger partial charge in [0.05, 0.1) is 0 Å². The molecule has 13 heavy (non-hydrogen) atoms. The van der Waals surface area contributed by atoms with Crippen LogP contribution >= 0.6 is 28.3 Å². The highest BCUT2D eigenvalue weighted by Crippen LogP contribution is 1.92. The first-order valence-electron chi connectivity index (χ1n) is 4.53. The molecule has 0 fully saturated rings. The molecule has 0 amide bonds. The zero-order valence-electron chi connectivity index (χ0n) is 7.99. The summed E-state index contributed by atoms with van der Waals surface area (Å²) in [7, 11) is 0. The van der Waals surface area contributed by atoms with Crippen LogP contribution in [0.15, 0.2) is 17.5 Å². The maximum atomic E-state index is 5.52. The third-order valence-corrected chi connectivity index (χ3v) is 4.78. The molecule has 0 radical (unpaired) electrons. The van der Waals surface area contributed by atoms with E-state index in [9.17, 15) is 0 Å². The average molecular weight is 275 g/mol. The van der Waals surface area contributed by atoms with Gasteiger partial charge in [-0.15, -0.1) is 20.0 Å². The van der Waals surface area contributed by atoms with Crippen molar-refractivity contribution >= 4 is 51.7 Å².